The average molecular weight is 228 g/mol. The van der Waals surface area contributed by atoms with E-state index >= 15 is 0 Å². The van der Waals surface area contributed by atoms with Crippen LogP contribution in [0.4, 0.5) is 0 Å². The zero-order valence-electron chi connectivity index (χ0n) is 9.61. The van der Waals surface area contributed by atoms with E-state index in [1.807, 2.05) is 0 Å². The molecule has 0 aliphatic carbocycles. The topological polar surface area (TPSA) is 83.8 Å². The maximum absolute atomic E-state index is 11.2. The molecular formula is C11H16O5. The standard InChI is InChI=1S/C11H16O5/c1-7-4-8(12)16-10(2,5-7)6-11(3,15)9(13)14/h4,15H,5-6H2,1-3H3,(H,13,14)/t10-,11+/m0/s1. The third kappa shape index (κ3) is 2.82. The van der Waals surface area contributed by atoms with Gasteiger partial charge in [0.1, 0.15) is 5.60 Å². The summed E-state index contributed by atoms with van der Waals surface area (Å²) in [7, 11) is 0. The van der Waals surface area contributed by atoms with Crippen LogP contribution in [0.25, 0.3) is 0 Å². The monoisotopic (exact) mass is 228 g/mol. The molecule has 0 spiro atoms. The van der Waals surface area contributed by atoms with Gasteiger partial charge in [-0.3, -0.25) is 0 Å². The van der Waals surface area contributed by atoms with Gasteiger partial charge in [-0.15, -0.1) is 0 Å². The molecule has 0 saturated carbocycles. The number of hydrogen-bond acceptors (Lipinski definition) is 4. The first kappa shape index (κ1) is 12.7. The van der Waals surface area contributed by atoms with Gasteiger partial charge in [0.2, 0.25) is 0 Å². The number of carboxylic acid groups (broad SMARTS) is 1. The van der Waals surface area contributed by atoms with Crippen molar-refractivity contribution >= 4 is 11.9 Å². The van der Waals surface area contributed by atoms with Crippen LogP contribution >= 0.6 is 0 Å². The minimum atomic E-state index is -1.90. The van der Waals surface area contributed by atoms with Crippen molar-refractivity contribution in [1.82, 2.24) is 0 Å². The zero-order chi connectivity index (χ0) is 12.6. The summed E-state index contributed by atoms with van der Waals surface area (Å²) in [6.45, 7) is 4.59. The maximum Gasteiger partial charge on any atom is 0.335 e. The van der Waals surface area contributed by atoms with Crippen molar-refractivity contribution in [3.05, 3.63) is 11.6 Å². The first-order chi connectivity index (χ1) is 7.15. The molecule has 2 N–H and O–H groups in total. The maximum atomic E-state index is 11.2. The molecule has 0 amide bonds. The molecule has 2 atom stereocenters. The Morgan fingerprint density at radius 1 is 1.69 bits per heavy atom. The highest BCUT2D eigenvalue weighted by Crippen LogP contribution is 2.33. The minimum absolute atomic E-state index is 0.133. The molecule has 1 aliphatic heterocycles. The van der Waals surface area contributed by atoms with E-state index < -0.39 is 23.1 Å². The Bertz CT molecular complexity index is 355. The van der Waals surface area contributed by atoms with Crippen LogP contribution < -0.4 is 0 Å². The van der Waals surface area contributed by atoms with Crippen LogP contribution in [0.2, 0.25) is 0 Å². The Morgan fingerprint density at radius 2 is 2.25 bits per heavy atom. The summed E-state index contributed by atoms with van der Waals surface area (Å²) in [6.07, 6.45) is 1.67. The van der Waals surface area contributed by atoms with Gasteiger partial charge in [-0.1, -0.05) is 5.57 Å². The van der Waals surface area contributed by atoms with Gasteiger partial charge in [-0.25, -0.2) is 9.59 Å². The zero-order valence-corrected chi connectivity index (χ0v) is 9.61. The summed E-state index contributed by atoms with van der Waals surface area (Å²) in [5, 5.41) is 18.5. The lowest BCUT2D eigenvalue weighted by Crippen LogP contribution is -2.46. The van der Waals surface area contributed by atoms with Crippen LogP contribution in [-0.4, -0.2) is 33.4 Å². The Labute approximate surface area is 93.7 Å². The van der Waals surface area contributed by atoms with Gasteiger partial charge in [0.25, 0.3) is 0 Å². The lowest BCUT2D eigenvalue weighted by atomic mass is 9.84. The van der Waals surface area contributed by atoms with E-state index in [2.05, 4.69) is 0 Å². The van der Waals surface area contributed by atoms with Gasteiger partial charge in [-0.05, 0) is 20.8 Å². The third-order valence-electron chi connectivity index (χ3n) is 2.54. The van der Waals surface area contributed by atoms with Crippen molar-refractivity contribution in [3.8, 4) is 0 Å². The molecule has 90 valence electrons. The SMILES string of the molecule is CC1=CC(=O)O[C@](C)(C[C@@](C)(O)C(=O)O)C1. The van der Waals surface area contributed by atoms with E-state index in [1.165, 1.54) is 13.0 Å². The molecule has 0 saturated heterocycles. The second-order valence-electron chi connectivity index (χ2n) is 4.79. The summed E-state index contributed by atoms with van der Waals surface area (Å²) in [6, 6.07) is 0. The molecule has 0 unspecified atom stereocenters. The Balaban J connectivity index is 2.85. The largest absolute Gasteiger partial charge is 0.479 e. The van der Waals surface area contributed by atoms with Crippen molar-refractivity contribution in [2.75, 3.05) is 0 Å². The normalized spacial score (nSPS) is 29.0. The predicted molar refractivity (Wildman–Crippen MR) is 55.7 cm³/mol. The summed E-state index contributed by atoms with van der Waals surface area (Å²) in [4.78, 5) is 22.0. The van der Waals surface area contributed by atoms with Crippen molar-refractivity contribution in [3.63, 3.8) is 0 Å². The fourth-order valence-corrected chi connectivity index (χ4v) is 2.05. The number of carbonyl (C=O) groups excluding carboxylic acids is 1. The predicted octanol–water partition coefficient (Wildman–Crippen LogP) is 0.864. The molecule has 0 aromatic carbocycles. The average Bonchev–Trinajstić information content (AvgIpc) is 1.97. The van der Waals surface area contributed by atoms with Gasteiger partial charge >= 0.3 is 11.9 Å². The quantitative estimate of drug-likeness (QED) is 0.700. The molecule has 0 radical (unpaired) electrons. The number of hydrogen-bond donors (Lipinski definition) is 2. The number of carbonyl (C=O) groups is 2. The molecule has 1 rings (SSSR count). The lowest BCUT2D eigenvalue weighted by molar-refractivity contribution is -0.173. The van der Waals surface area contributed by atoms with E-state index in [4.69, 9.17) is 9.84 Å². The first-order valence-corrected chi connectivity index (χ1v) is 5.01. The summed E-state index contributed by atoms with van der Waals surface area (Å²) in [5.41, 5.74) is -2.04. The Kier molecular flexibility index (Phi) is 3.10. The molecule has 5 nitrogen and oxygen atoms in total. The number of aliphatic hydroxyl groups is 1. The Hall–Kier alpha value is -1.36. The smallest absolute Gasteiger partial charge is 0.335 e. The van der Waals surface area contributed by atoms with Crippen LogP contribution in [0.3, 0.4) is 0 Å². The van der Waals surface area contributed by atoms with Crippen molar-refractivity contribution in [2.24, 2.45) is 0 Å². The van der Waals surface area contributed by atoms with Crippen molar-refractivity contribution in [2.45, 2.75) is 44.8 Å². The molecule has 1 heterocycles. The van der Waals surface area contributed by atoms with Gasteiger partial charge in [0, 0.05) is 18.9 Å². The number of rotatable bonds is 3. The minimum Gasteiger partial charge on any atom is -0.479 e. The molecular weight excluding hydrogens is 212 g/mol. The highest BCUT2D eigenvalue weighted by Gasteiger charge is 2.43. The van der Waals surface area contributed by atoms with Gasteiger partial charge in [-0.2, -0.15) is 0 Å². The molecule has 0 fully saturated rings. The van der Waals surface area contributed by atoms with Gasteiger partial charge < -0.3 is 14.9 Å². The number of esters is 1. The highest BCUT2D eigenvalue weighted by molar-refractivity contribution is 5.84. The lowest BCUT2D eigenvalue weighted by Gasteiger charge is -2.36. The van der Waals surface area contributed by atoms with E-state index in [1.54, 1.807) is 13.8 Å². The number of cyclic esters (lactones) is 1. The van der Waals surface area contributed by atoms with Crippen molar-refractivity contribution < 1.29 is 24.5 Å². The molecule has 1 aliphatic rings. The van der Waals surface area contributed by atoms with E-state index in [0.29, 0.717) is 6.42 Å². The summed E-state index contributed by atoms with van der Waals surface area (Å²) < 4.78 is 5.09. The van der Waals surface area contributed by atoms with Gasteiger partial charge in [0.05, 0.1) is 0 Å². The molecule has 5 heteroatoms. The number of aliphatic carboxylic acids is 1. The molecule has 0 aromatic rings. The summed E-state index contributed by atoms with van der Waals surface area (Å²) in [5.74, 6) is -1.82. The summed E-state index contributed by atoms with van der Waals surface area (Å²) >= 11 is 0. The fourth-order valence-electron chi connectivity index (χ4n) is 2.05. The van der Waals surface area contributed by atoms with Crippen molar-refractivity contribution in [1.29, 1.82) is 0 Å². The Morgan fingerprint density at radius 3 is 2.69 bits per heavy atom. The van der Waals surface area contributed by atoms with E-state index in [0.717, 1.165) is 5.57 Å². The van der Waals surface area contributed by atoms with Crippen LogP contribution in [-0.2, 0) is 14.3 Å². The molecule has 0 bridgehead atoms. The second-order valence-corrected chi connectivity index (χ2v) is 4.79. The molecule has 16 heavy (non-hydrogen) atoms. The van der Waals surface area contributed by atoms with E-state index in [9.17, 15) is 14.7 Å². The second kappa shape index (κ2) is 3.90. The van der Waals surface area contributed by atoms with Crippen LogP contribution in [0.15, 0.2) is 11.6 Å². The van der Waals surface area contributed by atoms with Gasteiger partial charge in [0.15, 0.2) is 5.60 Å². The molecule has 0 aromatic heterocycles. The fraction of sp³-hybridized carbons (Fsp3) is 0.636. The number of carboxylic acids is 1. The number of ether oxygens (including phenoxy) is 1. The van der Waals surface area contributed by atoms with Crippen LogP contribution in [0.1, 0.15) is 33.6 Å². The van der Waals surface area contributed by atoms with Crippen LogP contribution in [0, 0.1) is 0 Å². The third-order valence-corrected chi connectivity index (χ3v) is 2.54. The van der Waals surface area contributed by atoms with Crippen LogP contribution in [0.5, 0.6) is 0 Å². The first-order valence-electron chi connectivity index (χ1n) is 5.01. The van der Waals surface area contributed by atoms with E-state index in [-0.39, 0.29) is 6.42 Å². The highest BCUT2D eigenvalue weighted by atomic mass is 16.6.